The van der Waals surface area contributed by atoms with Crippen LogP contribution in [0.5, 0.6) is 0 Å². The van der Waals surface area contributed by atoms with Crippen molar-refractivity contribution in [1.29, 1.82) is 0 Å². The number of aryl methyl sites for hydroxylation is 2. The molecular formula is C15H17N5O2. The van der Waals surface area contributed by atoms with Gasteiger partial charge in [0, 0.05) is 0 Å². The van der Waals surface area contributed by atoms with E-state index >= 15 is 0 Å². The van der Waals surface area contributed by atoms with Gasteiger partial charge in [-0.1, -0.05) is 18.2 Å². The lowest BCUT2D eigenvalue weighted by atomic mass is 10.0. The lowest BCUT2D eigenvalue weighted by Gasteiger charge is -2.06. The maximum Gasteiger partial charge on any atom is 0.310 e. The van der Waals surface area contributed by atoms with Crippen LogP contribution in [0.1, 0.15) is 28.9 Å². The molecule has 0 aliphatic heterocycles. The lowest BCUT2D eigenvalue weighted by Crippen LogP contribution is -2.12. The average molecular weight is 299 g/mol. The first-order valence-corrected chi connectivity index (χ1v) is 7.12. The van der Waals surface area contributed by atoms with E-state index in [1.165, 1.54) is 17.5 Å². The molecule has 0 atom stereocenters. The van der Waals surface area contributed by atoms with Crippen LogP contribution in [0, 0.1) is 0 Å². The second-order valence-corrected chi connectivity index (χ2v) is 5.26. The van der Waals surface area contributed by atoms with E-state index in [-0.39, 0.29) is 36.7 Å². The highest BCUT2D eigenvalue weighted by Gasteiger charge is 2.13. The summed E-state index contributed by atoms with van der Waals surface area (Å²) in [6.07, 6.45) is 3.62. The largest absolute Gasteiger partial charge is 0.457 e. The normalized spacial score (nSPS) is 12.9. The van der Waals surface area contributed by atoms with E-state index < -0.39 is 0 Å². The smallest absolute Gasteiger partial charge is 0.310 e. The number of nitrogens with zero attached hydrogens (tertiary/aromatic N) is 3. The number of hydrogen-bond donors (Lipinski definition) is 2. The highest BCUT2D eigenvalue weighted by atomic mass is 16.5. The molecule has 3 rings (SSSR count). The van der Waals surface area contributed by atoms with Gasteiger partial charge in [0.25, 0.3) is 0 Å². The second-order valence-electron chi connectivity index (χ2n) is 5.26. The molecular weight excluding hydrogens is 282 g/mol. The standard InChI is InChI=1S/C15H17N5O2/c16-14-18-12(19-15(17)20-14)8-22-13(21)7-9-4-5-10-2-1-3-11(10)6-9/h4-6H,1-3,7-8H2,(H4,16,17,18,19,20). The van der Waals surface area contributed by atoms with E-state index in [0.29, 0.717) is 0 Å². The first kappa shape index (κ1) is 14.2. The highest BCUT2D eigenvalue weighted by Crippen LogP contribution is 2.23. The van der Waals surface area contributed by atoms with Crippen LogP contribution in [0.2, 0.25) is 0 Å². The number of anilines is 2. The van der Waals surface area contributed by atoms with Gasteiger partial charge >= 0.3 is 5.97 Å². The van der Waals surface area contributed by atoms with Crippen LogP contribution in [0.25, 0.3) is 0 Å². The van der Waals surface area contributed by atoms with Crippen LogP contribution in [0.4, 0.5) is 11.9 Å². The van der Waals surface area contributed by atoms with E-state index in [1.807, 2.05) is 6.07 Å². The molecule has 0 radical (unpaired) electrons. The van der Waals surface area contributed by atoms with Crippen molar-refractivity contribution in [3.8, 4) is 0 Å². The molecule has 1 aromatic carbocycles. The Balaban J connectivity index is 1.58. The van der Waals surface area contributed by atoms with Gasteiger partial charge < -0.3 is 16.2 Å². The Hall–Kier alpha value is -2.70. The Labute approximate surface area is 127 Å². The minimum atomic E-state index is -0.337. The summed E-state index contributed by atoms with van der Waals surface area (Å²) in [7, 11) is 0. The molecule has 4 N–H and O–H groups in total. The van der Waals surface area contributed by atoms with Crippen molar-refractivity contribution in [2.75, 3.05) is 11.5 Å². The minimum absolute atomic E-state index is 0.0113. The van der Waals surface area contributed by atoms with Gasteiger partial charge in [0.2, 0.25) is 11.9 Å². The summed E-state index contributed by atoms with van der Waals surface area (Å²) < 4.78 is 5.16. The zero-order valence-corrected chi connectivity index (χ0v) is 12.1. The highest BCUT2D eigenvalue weighted by molar-refractivity contribution is 5.72. The number of carbonyl (C=O) groups excluding carboxylic acids is 1. The van der Waals surface area contributed by atoms with Gasteiger partial charge in [0.05, 0.1) is 6.42 Å². The van der Waals surface area contributed by atoms with Crippen LogP contribution >= 0.6 is 0 Å². The van der Waals surface area contributed by atoms with Gasteiger partial charge in [-0.15, -0.1) is 0 Å². The second kappa shape index (κ2) is 5.97. The molecule has 1 heterocycles. The van der Waals surface area contributed by atoms with Crippen molar-refractivity contribution in [3.05, 3.63) is 40.7 Å². The van der Waals surface area contributed by atoms with E-state index in [9.17, 15) is 4.79 Å². The molecule has 114 valence electrons. The Bertz CT molecular complexity index is 697. The average Bonchev–Trinajstić information content (AvgIpc) is 2.92. The maximum absolute atomic E-state index is 11.9. The number of aromatic nitrogens is 3. The number of nitrogen functional groups attached to an aromatic ring is 2. The quantitative estimate of drug-likeness (QED) is 0.802. The Morgan fingerprint density at radius 2 is 1.82 bits per heavy atom. The minimum Gasteiger partial charge on any atom is -0.457 e. The van der Waals surface area contributed by atoms with Gasteiger partial charge in [-0.3, -0.25) is 4.79 Å². The van der Waals surface area contributed by atoms with Gasteiger partial charge in [0.15, 0.2) is 12.4 Å². The van der Waals surface area contributed by atoms with E-state index in [1.54, 1.807) is 0 Å². The fraction of sp³-hybridized carbons (Fsp3) is 0.333. The fourth-order valence-corrected chi connectivity index (χ4v) is 2.62. The number of carbonyl (C=O) groups is 1. The zero-order chi connectivity index (χ0) is 15.5. The summed E-state index contributed by atoms with van der Waals surface area (Å²) in [4.78, 5) is 23.3. The summed E-state index contributed by atoms with van der Waals surface area (Å²) in [5.74, 6) is -0.0721. The van der Waals surface area contributed by atoms with Crippen molar-refractivity contribution < 1.29 is 9.53 Å². The Morgan fingerprint density at radius 1 is 1.09 bits per heavy atom. The molecule has 0 unspecified atom stereocenters. The third-order valence-corrected chi connectivity index (χ3v) is 3.59. The molecule has 0 bridgehead atoms. The number of nitrogens with two attached hydrogens (primary N) is 2. The van der Waals surface area contributed by atoms with E-state index in [2.05, 4.69) is 27.1 Å². The molecule has 0 spiro atoms. The van der Waals surface area contributed by atoms with Crippen molar-refractivity contribution in [2.45, 2.75) is 32.3 Å². The zero-order valence-electron chi connectivity index (χ0n) is 12.1. The van der Waals surface area contributed by atoms with Crippen LogP contribution in [0.15, 0.2) is 18.2 Å². The molecule has 1 aromatic heterocycles. The first-order valence-electron chi connectivity index (χ1n) is 7.12. The Morgan fingerprint density at radius 3 is 2.59 bits per heavy atom. The predicted molar refractivity (Wildman–Crippen MR) is 80.6 cm³/mol. The van der Waals surface area contributed by atoms with Crippen molar-refractivity contribution in [1.82, 2.24) is 15.0 Å². The molecule has 7 heteroatoms. The van der Waals surface area contributed by atoms with Crippen LogP contribution in [-0.4, -0.2) is 20.9 Å². The third-order valence-electron chi connectivity index (χ3n) is 3.59. The predicted octanol–water partition coefficient (Wildman–Crippen LogP) is 0.811. The number of ether oxygens (including phenoxy) is 1. The van der Waals surface area contributed by atoms with Crippen molar-refractivity contribution in [3.63, 3.8) is 0 Å². The molecule has 1 aliphatic carbocycles. The third kappa shape index (κ3) is 3.30. The fourth-order valence-electron chi connectivity index (χ4n) is 2.62. The van der Waals surface area contributed by atoms with Crippen LogP contribution in [0.3, 0.4) is 0 Å². The molecule has 0 fully saturated rings. The summed E-state index contributed by atoms with van der Waals surface area (Å²) in [6.45, 7) is -0.0688. The number of benzene rings is 1. The summed E-state index contributed by atoms with van der Waals surface area (Å²) >= 11 is 0. The SMILES string of the molecule is Nc1nc(N)nc(COC(=O)Cc2ccc3c(c2)CCC3)n1. The molecule has 1 aliphatic rings. The number of rotatable bonds is 4. The summed E-state index contributed by atoms with van der Waals surface area (Å²) in [6, 6.07) is 6.16. The molecule has 22 heavy (non-hydrogen) atoms. The first-order chi connectivity index (χ1) is 10.6. The van der Waals surface area contributed by atoms with Crippen molar-refractivity contribution in [2.24, 2.45) is 0 Å². The van der Waals surface area contributed by atoms with Gasteiger partial charge in [-0.2, -0.15) is 15.0 Å². The van der Waals surface area contributed by atoms with Crippen molar-refractivity contribution >= 4 is 17.9 Å². The van der Waals surface area contributed by atoms with Crippen LogP contribution < -0.4 is 11.5 Å². The molecule has 2 aromatic rings. The van der Waals surface area contributed by atoms with E-state index in [0.717, 1.165) is 18.4 Å². The van der Waals surface area contributed by atoms with Crippen LogP contribution in [-0.2, 0) is 35.4 Å². The number of esters is 1. The summed E-state index contributed by atoms with van der Waals surface area (Å²) in [5, 5.41) is 0. The number of fused-ring (bicyclic) bond motifs is 1. The van der Waals surface area contributed by atoms with Gasteiger partial charge in [0.1, 0.15) is 0 Å². The monoisotopic (exact) mass is 299 g/mol. The van der Waals surface area contributed by atoms with Gasteiger partial charge in [-0.05, 0) is 36.0 Å². The Kier molecular flexibility index (Phi) is 3.86. The molecule has 7 nitrogen and oxygen atoms in total. The molecule has 0 saturated heterocycles. The number of hydrogen-bond acceptors (Lipinski definition) is 7. The lowest BCUT2D eigenvalue weighted by molar-refractivity contribution is -0.144. The maximum atomic E-state index is 11.9. The summed E-state index contributed by atoms with van der Waals surface area (Å²) in [5.41, 5.74) is 14.6. The molecule has 0 amide bonds. The van der Waals surface area contributed by atoms with Gasteiger partial charge in [-0.25, -0.2) is 0 Å². The molecule has 0 saturated carbocycles. The topological polar surface area (TPSA) is 117 Å². The van der Waals surface area contributed by atoms with E-state index in [4.69, 9.17) is 16.2 Å².